The van der Waals surface area contributed by atoms with E-state index < -0.39 is 0 Å². The van der Waals surface area contributed by atoms with Crippen LogP contribution in [0.5, 0.6) is 0 Å². The van der Waals surface area contributed by atoms with Gasteiger partial charge in [-0.05, 0) is 63.9 Å². The number of rotatable bonds is 6. The molecule has 0 aliphatic carbocycles. The van der Waals surface area contributed by atoms with E-state index >= 15 is 0 Å². The number of carbonyl (C=O) groups is 1. The summed E-state index contributed by atoms with van der Waals surface area (Å²) >= 11 is 3.43. The van der Waals surface area contributed by atoms with Gasteiger partial charge in [0.25, 0.3) is 0 Å². The maximum Gasteiger partial charge on any atom is 0.225 e. The minimum Gasteiger partial charge on any atom is -0.373 e. The molecule has 2 atom stereocenters. The van der Waals surface area contributed by atoms with Crippen LogP contribution in [-0.2, 0) is 9.53 Å². The Labute approximate surface area is 171 Å². The van der Waals surface area contributed by atoms with Crippen LogP contribution in [0.15, 0.2) is 28.7 Å². The lowest BCUT2D eigenvalue weighted by molar-refractivity contribution is -0.116. The molecule has 3 rings (SSSR count). The summed E-state index contributed by atoms with van der Waals surface area (Å²) in [7, 11) is 0. The van der Waals surface area contributed by atoms with Crippen LogP contribution in [0.3, 0.4) is 0 Å². The smallest absolute Gasteiger partial charge is 0.225 e. The molecule has 2 aliphatic heterocycles. The summed E-state index contributed by atoms with van der Waals surface area (Å²) in [5.74, 6) is 0.862. The first-order valence-corrected chi connectivity index (χ1v) is 10.9. The number of nitrogens with zero attached hydrogens (tertiary/aromatic N) is 2. The number of halogens is 1. The van der Waals surface area contributed by atoms with Gasteiger partial charge in [-0.1, -0.05) is 22.0 Å². The van der Waals surface area contributed by atoms with Crippen molar-refractivity contribution in [2.75, 3.05) is 44.6 Å². The lowest BCUT2D eigenvalue weighted by atomic mass is 9.95. The van der Waals surface area contributed by atoms with Gasteiger partial charge in [0.2, 0.25) is 5.91 Å². The van der Waals surface area contributed by atoms with Gasteiger partial charge in [0.1, 0.15) is 0 Å². The molecular formula is C21H32BrN3O2. The molecular weight excluding hydrogens is 406 g/mol. The fourth-order valence-electron chi connectivity index (χ4n) is 4.24. The summed E-state index contributed by atoms with van der Waals surface area (Å²) in [6.45, 7) is 10.7. The summed E-state index contributed by atoms with van der Waals surface area (Å²) in [6.07, 6.45) is 3.70. The normalized spacial score (nSPS) is 25.4. The number of benzene rings is 1. The van der Waals surface area contributed by atoms with Gasteiger partial charge in [0.15, 0.2) is 0 Å². The second-order valence-electron chi connectivity index (χ2n) is 8.07. The summed E-state index contributed by atoms with van der Waals surface area (Å²) in [4.78, 5) is 17.2. The van der Waals surface area contributed by atoms with Gasteiger partial charge in [-0.25, -0.2) is 0 Å². The highest BCUT2D eigenvalue weighted by Crippen LogP contribution is 2.21. The molecule has 2 unspecified atom stereocenters. The molecule has 0 radical (unpaired) electrons. The first kappa shape index (κ1) is 20.8. The van der Waals surface area contributed by atoms with E-state index in [1.165, 1.54) is 19.4 Å². The van der Waals surface area contributed by atoms with Gasteiger partial charge >= 0.3 is 0 Å². The summed E-state index contributed by atoms with van der Waals surface area (Å²) in [5, 5.41) is 2.98. The number of amides is 1. The number of hydrogen-bond donors (Lipinski definition) is 1. The van der Waals surface area contributed by atoms with Gasteiger partial charge in [-0.3, -0.25) is 9.69 Å². The fourth-order valence-corrected chi connectivity index (χ4v) is 4.64. The zero-order chi connectivity index (χ0) is 19.2. The lowest BCUT2D eigenvalue weighted by Crippen LogP contribution is -2.48. The third-order valence-corrected chi connectivity index (χ3v) is 5.98. The molecule has 1 aromatic rings. The molecule has 6 heteroatoms. The largest absolute Gasteiger partial charge is 0.373 e. The second kappa shape index (κ2) is 10.0. The van der Waals surface area contributed by atoms with E-state index in [1.54, 1.807) is 0 Å². The predicted molar refractivity (Wildman–Crippen MR) is 113 cm³/mol. The Hall–Kier alpha value is -0.950. The van der Waals surface area contributed by atoms with Crippen LogP contribution in [0.25, 0.3) is 0 Å². The third kappa shape index (κ3) is 6.86. The fraction of sp³-hybridized carbons (Fsp3) is 0.667. The molecule has 2 saturated heterocycles. The summed E-state index contributed by atoms with van der Waals surface area (Å²) in [6, 6.07) is 7.73. The van der Waals surface area contributed by atoms with Crippen molar-refractivity contribution in [3.63, 3.8) is 0 Å². The Bertz CT molecular complexity index is 609. The van der Waals surface area contributed by atoms with E-state index in [1.807, 2.05) is 24.3 Å². The number of piperidine rings is 1. The van der Waals surface area contributed by atoms with Crippen molar-refractivity contribution in [2.24, 2.45) is 5.92 Å². The Balaban J connectivity index is 1.34. The number of nitrogens with one attached hydrogen (secondary N) is 1. The molecule has 1 amide bonds. The molecule has 1 N–H and O–H groups in total. The first-order chi connectivity index (χ1) is 13.0. The van der Waals surface area contributed by atoms with Crippen molar-refractivity contribution in [1.82, 2.24) is 9.80 Å². The first-order valence-electron chi connectivity index (χ1n) is 10.1. The maximum absolute atomic E-state index is 12.2. The molecule has 1 aromatic carbocycles. The molecule has 0 saturated carbocycles. The van der Waals surface area contributed by atoms with Crippen molar-refractivity contribution in [2.45, 2.75) is 45.3 Å². The van der Waals surface area contributed by atoms with E-state index in [-0.39, 0.29) is 5.91 Å². The van der Waals surface area contributed by atoms with Crippen molar-refractivity contribution >= 4 is 27.5 Å². The molecule has 2 aliphatic rings. The van der Waals surface area contributed by atoms with Crippen LogP contribution in [-0.4, -0.2) is 67.2 Å². The van der Waals surface area contributed by atoms with Gasteiger partial charge in [-0.2, -0.15) is 0 Å². The summed E-state index contributed by atoms with van der Waals surface area (Å²) < 4.78 is 6.81. The SMILES string of the molecule is CC1CN(CC2CCN(CCC(=O)Nc3cccc(Br)c3)CC2)CC(C)O1. The van der Waals surface area contributed by atoms with E-state index in [0.717, 1.165) is 48.8 Å². The van der Waals surface area contributed by atoms with E-state index in [2.05, 4.69) is 44.9 Å². The van der Waals surface area contributed by atoms with Crippen molar-refractivity contribution < 1.29 is 9.53 Å². The van der Waals surface area contributed by atoms with Gasteiger partial charge in [0, 0.05) is 42.8 Å². The molecule has 2 fully saturated rings. The molecule has 0 bridgehead atoms. The quantitative estimate of drug-likeness (QED) is 0.738. The Morgan fingerprint density at radius 3 is 2.56 bits per heavy atom. The minimum absolute atomic E-state index is 0.0894. The number of anilines is 1. The molecule has 150 valence electrons. The standard InChI is InChI=1S/C21H32BrN3O2/c1-16-13-25(14-17(2)27-16)15-18-6-9-24(10-7-18)11-8-21(26)23-20-5-3-4-19(22)12-20/h3-5,12,16-18H,6-11,13-15H2,1-2H3,(H,23,26). The van der Waals surface area contributed by atoms with Crippen molar-refractivity contribution in [3.8, 4) is 0 Å². The molecule has 0 aromatic heterocycles. The number of hydrogen-bond acceptors (Lipinski definition) is 4. The molecule has 2 heterocycles. The van der Waals surface area contributed by atoms with Gasteiger partial charge in [-0.15, -0.1) is 0 Å². The topological polar surface area (TPSA) is 44.8 Å². The highest BCUT2D eigenvalue weighted by molar-refractivity contribution is 9.10. The number of carbonyl (C=O) groups excluding carboxylic acids is 1. The summed E-state index contributed by atoms with van der Waals surface area (Å²) in [5.41, 5.74) is 0.849. The number of likely N-dealkylation sites (tertiary alicyclic amines) is 1. The van der Waals surface area contributed by atoms with Gasteiger partial charge in [0.05, 0.1) is 12.2 Å². The average molecular weight is 438 g/mol. The molecule has 5 nitrogen and oxygen atoms in total. The van der Waals surface area contributed by atoms with Crippen LogP contribution in [0.1, 0.15) is 33.1 Å². The average Bonchev–Trinajstić information content (AvgIpc) is 2.60. The van der Waals surface area contributed by atoms with E-state index in [4.69, 9.17) is 4.74 Å². The van der Waals surface area contributed by atoms with Crippen LogP contribution in [0.2, 0.25) is 0 Å². The number of ether oxygens (including phenoxy) is 1. The Morgan fingerprint density at radius 1 is 1.19 bits per heavy atom. The zero-order valence-corrected chi connectivity index (χ0v) is 18.1. The van der Waals surface area contributed by atoms with Crippen molar-refractivity contribution in [1.29, 1.82) is 0 Å². The van der Waals surface area contributed by atoms with E-state index in [9.17, 15) is 4.79 Å². The minimum atomic E-state index is 0.0894. The monoisotopic (exact) mass is 437 g/mol. The Kier molecular flexibility index (Phi) is 7.70. The van der Waals surface area contributed by atoms with Gasteiger partial charge < -0.3 is 15.0 Å². The highest BCUT2D eigenvalue weighted by atomic mass is 79.9. The lowest BCUT2D eigenvalue weighted by Gasteiger charge is -2.39. The predicted octanol–water partition coefficient (Wildman–Crippen LogP) is 3.60. The van der Waals surface area contributed by atoms with Crippen LogP contribution in [0, 0.1) is 5.92 Å². The second-order valence-corrected chi connectivity index (χ2v) is 8.99. The van der Waals surface area contributed by atoms with Crippen LogP contribution in [0.4, 0.5) is 5.69 Å². The van der Waals surface area contributed by atoms with Crippen molar-refractivity contribution in [3.05, 3.63) is 28.7 Å². The maximum atomic E-state index is 12.2. The van der Waals surface area contributed by atoms with Crippen LogP contribution >= 0.6 is 15.9 Å². The molecule has 27 heavy (non-hydrogen) atoms. The van der Waals surface area contributed by atoms with Crippen LogP contribution < -0.4 is 5.32 Å². The van der Waals surface area contributed by atoms with E-state index in [0.29, 0.717) is 18.6 Å². The molecule has 0 spiro atoms. The highest BCUT2D eigenvalue weighted by Gasteiger charge is 2.26. The zero-order valence-electron chi connectivity index (χ0n) is 16.5. The Morgan fingerprint density at radius 2 is 1.89 bits per heavy atom. The number of morpholine rings is 1. The third-order valence-electron chi connectivity index (χ3n) is 5.48.